The van der Waals surface area contributed by atoms with E-state index in [1.165, 1.54) is 0 Å². The molecule has 0 saturated carbocycles. The smallest absolute Gasteiger partial charge is 0.243 e. The maximum absolute atomic E-state index is 15.8. The van der Waals surface area contributed by atoms with Crippen molar-refractivity contribution >= 4 is 131 Å². The molecule has 5 aromatic heterocycles. The SMILES string of the molecule is N=C(N)NCCCC(NC(=O)CN)C(=O)NC(CCCCNC(=O)CCC(=O)N1Cc2ccccc2C#Cc2ccccc21)C(=O)NCC(=O)NC(Cc1c[nH]c2ccccc12)C(=O)NC(Cc1c[nH]c2ccccc12)C(=O)NC(Cc1c[nH]c2ccccc12)C(=O)NC(Cc1c[nH]c2ccccc12)C(=O)NC(Cc1c[nH]c2ccccc12)C(N)=O. The number of aromatic nitrogens is 5. The molecule has 0 spiro atoms. The fourth-order valence-corrected chi connectivity index (χ4v) is 15.2. The monoisotopic (exact) mass is 1630 g/mol. The Balaban J connectivity index is 0.737. The summed E-state index contributed by atoms with van der Waals surface area (Å²) in [6, 6.07) is 42.0. The molecule has 12 aromatic rings. The number of anilines is 1. The van der Waals surface area contributed by atoms with Gasteiger partial charge in [-0.15, -0.1) is 0 Å². The molecule has 0 radical (unpaired) electrons. The lowest BCUT2D eigenvalue weighted by atomic mass is 9.99. The van der Waals surface area contributed by atoms with E-state index in [1.807, 2.05) is 164 Å². The third-order valence-corrected chi connectivity index (χ3v) is 21.6. The number of benzene rings is 7. The molecular weight excluding hydrogens is 1540 g/mol. The van der Waals surface area contributed by atoms with Crippen molar-refractivity contribution in [3.63, 3.8) is 0 Å². The summed E-state index contributed by atoms with van der Waals surface area (Å²) in [7, 11) is 0. The number of primary amides is 1. The highest BCUT2D eigenvalue weighted by molar-refractivity contribution is 6.01. The van der Waals surface area contributed by atoms with Crippen LogP contribution in [0.4, 0.5) is 5.69 Å². The average molecular weight is 1630 g/mol. The zero-order valence-corrected chi connectivity index (χ0v) is 66.3. The molecule has 0 aliphatic carbocycles. The zero-order valence-electron chi connectivity index (χ0n) is 66.3. The first-order valence-corrected chi connectivity index (χ1v) is 40.2. The summed E-state index contributed by atoms with van der Waals surface area (Å²) in [6.07, 6.45) is 8.37. The van der Waals surface area contributed by atoms with Crippen LogP contribution >= 0.6 is 0 Å². The number of guanidine groups is 1. The molecule has 13 rings (SSSR count). The molecule has 1 aliphatic heterocycles. The molecule has 6 heterocycles. The molecule has 31 nitrogen and oxygen atoms in total. The summed E-state index contributed by atoms with van der Waals surface area (Å²) < 4.78 is 0. The van der Waals surface area contributed by atoms with E-state index in [0.29, 0.717) is 60.9 Å². The number of carbonyl (C=O) groups excluding carboxylic acids is 11. The van der Waals surface area contributed by atoms with Gasteiger partial charge in [0.2, 0.25) is 65.0 Å². The van der Waals surface area contributed by atoms with E-state index in [1.54, 1.807) is 42.0 Å². The first kappa shape index (κ1) is 84.1. The highest BCUT2D eigenvalue weighted by Crippen LogP contribution is 2.29. The number of nitrogens with two attached hydrogens (primary N) is 3. The van der Waals surface area contributed by atoms with Crippen molar-refractivity contribution in [1.82, 2.24) is 78.1 Å². The number of rotatable bonds is 39. The highest BCUT2D eigenvalue weighted by atomic mass is 16.2. The van der Waals surface area contributed by atoms with Crippen LogP contribution in [-0.2, 0) is 91.4 Å². The normalized spacial score (nSPS) is 13.4. The van der Waals surface area contributed by atoms with Gasteiger partial charge >= 0.3 is 0 Å². The van der Waals surface area contributed by atoms with Gasteiger partial charge < -0.3 is 100 Å². The van der Waals surface area contributed by atoms with Gasteiger partial charge in [-0.3, -0.25) is 58.1 Å². The van der Waals surface area contributed by atoms with Crippen LogP contribution in [0.1, 0.15) is 89.5 Å². The van der Waals surface area contributed by atoms with Gasteiger partial charge in [0.1, 0.15) is 42.3 Å². The second-order valence-electron chi connectivity index (χ2n) is 29.9. The molecule has 31 heteroatoms. The number of fused-ring (bicyclic) bond motifs is 7. The molecule has 622 valence electrons. The predicted molar refractivity (Wildman–Crippen MR) is 460 cm³/mol. The van der Waals surface area contributed by atoms with E-state index in [-0.39, 0.29) is 109 Å². The summed E-state index contributed by atoms with van der Waals surface area (Å²) in [6.45, 7) is -0.716. The number of para-hydroxylation sites is 6. The molecule has 7 aromatic carbocycles. The Morgan fingerprint density at radius 3 is 1.20 bits per heavy atom. The number of nitrogens with one attached hydrogen (secondary N) is 16. The first-order chi connectivity index (χ1) is 58.7. The molecule has 0 bridgehead atoms. The number of H-pyrrole nitrogens is 5. The standard InChI is InChI=1S/C90H96N20O11/c91-45-80(112)103-72(32-17-39-96-90(93)94)85(117)105-71(31-15-16-38-95-79(111)36-37-82(114)110-52-55-20-2-1-18-53(55)34-35-54-19-3-14-33-78(54)110)84(116)102-51-81(113)104-74(41-57-47-98-67-27-10-5-22-62(57)67)86(118)107-76(43-59-49-100-69-29-12-7-24-64(59)69)88(120)109-77(44-60-50-101-70-30-13-8-25-65(60)70)89(121)108-75(42-58-48-99-68-28-11-6-23-63(58)68)87(119)106-73(83(92)115)40-56-46-97-66-26-9-4-21-61(56)66/h1-14,18-30,33,46-50,71-77,97-101H,15-17,31-32,36-45,51-52,91H2,(H2,92,115)(H,95,111)(H,102,116)(H,103,112)(H,104,113)(H,105,117)(H,106,119)(H,107,118)(H,108,121)(H,109,120)(H4,93,94,96). The Kier molecular flexibility index (Phi) is 27.7. The summed E-state index contributed by atoms with van der Waals surface area (Å²) in [4.78, 5) is 177. The Morgan fingerprint density at radius 2 is 0.736 bits per heavy atom. The van der Waals surface area contributed by atoms with Crippen LogP contribution in [0.25, 0.3) is 54.5 Å². The number of unbranched alkanes of at least 4 members (excludes halogenated alkanes) is 1. The fraction of sp³-hybridized carbons (Fsp3) is 0.267. The van der Waals surface area contributed by atoms with Crippen molar-refractivity contribution < 1.29 is 52.7 Å². The van der Waals surface area contributed by atoms with E-state index in [2.05, 4.69) is 89.9 Å². The van der Waals surface area contributed by atoms with Crippen molar-refractivity contribution in [3.05, 3.63) is 245 Å². The van der Waals surface area contributed by atoms with E-state index in [9.17, 15) is 33.6 Å². The van der Waals surface area contributed by atoms with Crippen LogP contribution in [0.3, 0.4) is 0 Å². The van der Waals surface area contributed by atoms with Crippen LogP contribution in [0.15, 0.2) is 201 Å². The van der Waals surface area contributed by atoms with Gasteiger partial charge in [-0.2, -0.15) is 0 Å². The lowest BCUT2D eigenvalue weighted by molar-refractivity contribution is -0.135. The quantitative estimate of drug-likeness (QED) is 0.0106. The highest BCUT2D eigenvalue weighted by Gasteiger charge is 2.36. The average Bonchev–Trinajstić information content (AvgIpc) is 1.77. The summed E-state index contributed by atoms with van der Waals surface area (Å²) in [5.41, 5.74) is 27.0. The number of aromatic amines is 5. The minimum absolute atomic E-state index is 0.00320. The van der Waals surface area contributed by atoms with E-state index in [4.69, 9.17) is 22.6 Å². The summed E-state index contributed by atoms with van der Waals surface area (Å²) in [5, 5.41) is 39.2. The fourth-order valence-electron chi connectivity index (χ4n) is 15.2. The third-order valence-electron chi connectivity index (χ3n) is 21.6. The first-order valence-electron chi connectivity index (χ1n) is 40.2. The van der Waals surface area contributed by atoms with Crippen molar-refractivity contribution in [1.29, 1.82) is 5.41 Å². The topological polar surface area (TPSA) is 492 Å². The van der Waals surface area contributed by atoms with E-state index < -0.39 is 114 Å². The third kappa shape index (κ3) is 21.7. The lowest BCUT2D eigenvalue weighted by Gasteiger charge is -2.27. The Labute approximate surface area is 695 Å². The van der Waals surface area contributed by atoms with E-state index in [0.717, 1.165) is 43.8 Å². The molecule has 1 aliphatic rings. The molecule has 0 saturated heterocycles. The lowest BCUT2D eigenvalue weighted by Crippen LogP contribution is -2.60. The summed E-state index contributed by atoms with van der Waals surface area (Å²) in [5.74, 6) is -1.89. The van der Waals surface area contributed by atoms with Gasteiger partial charge in [0.25, 0.3) is 0 Å². The van der Waals surface area contributed by atoms with E-state index >= 15 is 19.2 Å². The van der Waals surface area contributed by atoms with Crippen molar-refractivity contribution in [2.45, 2.75) is 126 Å². The summed E-state index contributed by atoms with van der Waals surface area (Å²) >= 11 is 0. The molecule has 0 fully saturated rings. The van der Waals surface area contributed by atoms with Gasteiger partial charge in [0, 0.05) is 155 Å². The molecule has 7 atom stereocenters. The van der Waals surface area contributed by atoms with Crippen LogP contribution in [0.5, 0.6) is 0 Å². The van der Waals surface area contributed by atoms with Gasteiger partial charge in [0.15, 0.2) is 5.96 Å². The van der Waals surface area contributed by atoms with Crippen LogP contribution in [-0.4, -0.2) is 164 Å². The van der Waals surface area contributed by atoms with Crippen molar-refractivity contribution in [3.8, 4) is 11.8 Å². The predicted octanol–water partition coefficient (Wildman–Crippen LogP) is 4.84. The maximum Gasteiger partial charge on any atom is 0.243 e. The van der Waals surface area contributed by atoms with Gasteiger partial charge in [-0.25, -0.2) is 0 Å². The molecule has 7 unspecified atom stereocenters. The zero-order chi connectivity index (χ0) is 84.9. The van der Waals surface area contributed by atoms with Gasteiger partial charge in [0.05, 0.1) is 25.3 Å². The molecule has 22 N–H and O–H groups in total. The number of hydrogen-bond donors (Lipinski definition) is 19. The second kappa shape index (κ2) is 39.9. The van der Waals surface area contributed by atoms with Crippen molar-refractivity contribution in [2.75, 3.05) is 31.1 Å². The Morgan fingerprint density at radius 1 is 0.372 bits per heavy atom. The van der Waals surface area contributed by atoms with Crippen molar-refractivity contribution in [2.24, 2.45) is 17.2 Å². The molecule has 11 amide bonds. The number of carbonyl (C=O) groups is 11. The minimum atomic E-state index is -1.52. The number of nitrogens with zero attached hydrogens (tertiary/aromatic N) is 1. The molecular formula is C90H96N20O11. The number of amides is 11. The van der Waals surface area contributed by atoms with Gasteiger partial charge in [-0.05, 0) is 114 Å². The number of hydrogen-bond acceptors (Lipinski definition) is 13. The van der Waals surface area contributed by atoms with Crippen LogP contribution < -0.4 is 75.3 Å². The largest absolute Gasteiger partial charge is 0.370 e. The Bertz CT molecular complexity index is 5910. The molecule has 121 heavy (non-hydrogen) atoms. The van der Waals surface area contributed by atoms with Crippen LogP contribution in [0, 0.1) is 17.3 Å². The maximum atomic E-state index is 15.8. The second-order valence-corrected chi connectivity index (χ2v) is 29.9. The minimum Gasteiger partial charge on any atom is -0.370 e. The Hall–Kier alpha value is -14.8. The van der Waals surface area contributed by atoms with Crippen LogP contribution in [0.2, 0.25) is 0 Å². The van der Waals surface area contributed by atoms with Gasteiger partial charge in [-0.1, -0.05) is 133 Å².